The molecule has 0 unspecified atom stereocenters. The van der Waals surface area contributed by atoms with Crippen LogP contribution in [0.5, 0.6) is 0 Å². The Bertz CT molecular complexity index is 357. The van der Waals surface area contributed by atoms with E-state index >= 15 is 0 Å². The van der Waals surface area contributed by atoms with Crippen molar-refractivity contribution in [3.05, 3.63) is 17.3 Å². The lowest BCUT2D eigenvalue weighted by atomic mass is 10.1. The van der Waals surface area contributed by atoms with Crippen LogP contribution in [0.3, 0.4) is 0 Å². The summed E-state index contributed by atoms with van der Waals surface area (Å²) in [5.74, 6) is 0.956. The minimum atomic E-state index is 0.0526. The molecule has 1 fully saturated rings. The van der Waals surface area contributed by atoms with Crippen LogP contribution < -0.4 is 5.73 Å². The summed E-state index contributed by atoms with van der Waals surface area (Å²) in [4.78, 5) is 7.17. The molecule has 1 aromatic rings. The van der Waals surface area contributed by atoms with Crippen molar-refractivity contribution in [3.8, 4) is 0 Å². The zero-order valence-electron chi connectivity index (χ0n) is 6.79. The quantitative estimate of drug-likeness (QED) is 0.643. The average molecular weight is 163 g/mol. The number of hydrogen-bond donors (Lipinski definition) is 1. The van der Waals surface area contributed by atoms with Gasteiger partial charge in [-0.25, -0.2) is 0 Å². The van der Waals surface area contributed by atoms with Crippen LogP contribution in [0.15, 0.2) is 4.42 Å². The highest BCUT2D eigenvalue weighted by atomic mass is 16.4. The highest BCUT2D eigenvalue weighted by Crippen LogP contribution is 2.48. The van der Waals surface area contributed by atoms with Gasteiger partial charge in [-0.05, 0) is 19.8 Å². The summed E-state index contributed by atoms with van der Waals surface area (Å²) in [7, 11) is 0. The van der Waals surface area contributed by atoms with Crippen molar-refractivity contribution >= 4 is 11.7 Å². The maximum absolute atomic E-state index is 6.75. The van der Waals surface area contributed by atoms with Crippen molar-refractivity contribution in [2.24, 2.45) is 0 Å². The average Bonchev–Trinajstić information content (AvgIpc) is 2.65. The van der Waals surface area contributed by atoms with E-state index in [9.17, 15) is 0 Å². The fourth-order valence-electron chi connectivity index (χ4n) is 1.06. The van der Waals surface area contributed by atoms with Gasteiger partial charge in [0.25, 0.3) is 5.89 Å². The molecule has 12 heavy (non-hydrogen) atoms. The van der Waals surface area contributed by atoms with Crippen LogP contribution in [0.2, 0.25) is 0 Å². The van der Waals surface area contributed by atoms with Crippen molar-refractivity contribution < 1.29 is 4.42 Å². The van der Waals surface area contributed by atoms with Crippen LogP contribution in [0, 0.1) is 6.57 Å². The number of hydrogen-bond acceptors (Lipinski definition) is 3. The summed E-state index contributed by atoms with van der Waals surface area (Å²) in [6.45, 7) is 8.81. The number of oxazole rings is 1. The van der Waals surface area contributed by atoms with Gasteiger partial charge in [0.2, 0.25) is 5.88 Å². The molecule has 0 spiro atoms. The number of nitrogens with two attached hydrogens (primary N) is 1. The van der Waals surface area contributed by atoms with Gasteiger partial charge in [-0.2, -0.15) is 0 Å². The molecule has 62 valence electrons. The maximum Gasteiger partial charge on any atom is 0.332 e. The number of nitrogen functional groups attached to an aromatic ring is 1. The summed E-state index contributed by atoms with van der Waals surface area (Å²) >= 11 is 0. The lowest BCUT2D eigenvalue weighted by molar-refractivity contribution is 0.462. The first kappa shape index (κ1) is 7.17. The van der Waals surface area contributed by atoms with Crippen molar-refractivity contribution in [1.29, 1.82) is 0 Å². The molecule has 1 aliphatic carbocycles. The summed E-state index contributed by atoms with van der Waals surface area (Å²) in [6.07, 6.45) is 2.15. The van der Waals surface area contributed by atoms with E-state index < -0.39 is 0 Å². The Hall–Kier alpha value is -1.50. The first-order valence-corrected chi connectivity index (χ1v) is 3.80. The Labute approximate surface area is 70.2 Å². The molecule has 0 radical (unpaired) electrons. The van der Waals surface area contributed by atoms with Crippen LogP contribution >= 0.6 is 0 Å². The normalized spacial score (nSPS) is 18.7. The third-order valence-corrected chi connectivity index (χ3v) is 2.26. The molecule has 1 aromatic heterocycles. The molecule has 1 heterocycles. The molecule has 4 heteroatoms. The monoisotopic (exact) mass is 163 g/mol. The van der Waals surface area contributed by atoms with E-state index in [0.717, 1.165) is 12.8 Å². The first-order chi connectivity index (χ1) is 5.65. The minimum Gasteiger partial charge on any atom is -0.417 e. The predicted octanol–water partition coefficient (Wildman–Crippen LogP) is 1.86. The molecule has 0 bridgehead atoms. The van der Waals surface area contributed by atoms with Gasteiger partial charge in [0.15, 0.2) is 0 Å². The molecule has 4 nitrogen and oxygen atoms in total. The van der Waals surface area contributed by atoms with Crippen LogP contribution in [-0.2, 0) is 5.41 Å². The van der Waals surface area contributed by atoms with E-state index in [1.54, 1.807) is 0 Å². The highest BCUT2D eigenvalue weighted by Gasteiger charge is 2.47. The Morgan fingerprint density at radius 1 is 1.67 bits per heavy atom. The summed E-state index contributed by atoms with van der Waals surface area (Å²) in [6, 6.07) is 0. The molecule has 0 atom stereocenters. The zero-order chi connectivity index (χ0) is 8.77. The van der Waals surface area contributed by atoms with Crippen LogP contribution in [0.1, 0.15) is 25.7 Å². The summed E-state index contributed by atoms with van der Waals surface area (Å²) in [5, 5.41) is 0. The Morgan fingerprint density at radius 2 is 2.33 bits per heavy atom. The third kappa shape index (κ3) is 0.866. The fourth-order valence-corrected chi connectivity index (χ4v) is 1.06. The number of rotatable bonds is 1. The Kier molecular flexibility index (Phi) is 1.20. The number of nitrogens with zero attached hydrogens (tertiary/aromatic N) is 2. The van der Waals surface area contributed by atoms with Crippen molar-refractivity contribution in [1.82, 2.24) is 4.98 Å². The largest absolute Gasteiger partial charge is 0.417 e. The zero-order valence-corrected chi connectivity index (χ0v) is 6.79. The Morgan fingerprint density at radius 3 is 2.75 bits per heavy atom. The van der Waals surface area contributed by atoms with Gasteiger partial charge in [-0.1, -0.05) is 11.6 Å². The minimum absolute atomic E-state index is 0.0526. The predicted molar refractivity (Wildman–Crippen MR) is 43.8 cm³/mol. The van der Waals surface area contributed by atoms with Crippen LogP contribution in [0.4, 0.5) is 11.7 Å². The number of anilines is 1. The van der Waals surface area contributed by atoms with Crippen molar-refractivity contribution in [2.45, 2.75) is 25.2 Å². The lowest BCUT2D eigenvalue weighted by Gasteiger charge is -1.94. The highest BCUT2D eigenvalue weighted by molar-refractivity contribution is 5.55. The molecule has 1 aliphatic rings. The van der Waals surface area contributed by atoms with Gasteiger partial charge in [-0.15, -0.1) is 0 Å². The van der Waals surface area contributed by atoms with Gasteiger partial charge in [-0.3, -0.25) is 0 Å². The molecule has 0 saturated heterocycles. The second-order valence-corrected chi connectivity index (χ2v) is 3.38. The van der Waals surface area contributed by atoms with Gasteiger partial charge in [0.1, 0.15) is 0 Å². The number of aromatic nitrogens is 1. The standard InChI is InChI=1S/C8H9N3O/c1-8(3-4-8)7-11-6(10-2)5(9)12-7/h3-4,9H2,1H3. The van der Waals surface area contributed by atoms with Gasteiger partial charge < -0.3 is 15.0 Å². The molecule has 2 rings (SSSR count). The van der Waals surface area contributed by atoms with E-state index in [-0.39, 0.29) is 17.1 Å². The molecule has 0 aromatic carbocycles. The molecule has 2 N–H and O–H groups in total. The topological polar surface area (TPSA) is 56.4 Å². The second-order valence-electron chi connectivity index (χ2n) is 3.38. The van der Waals surface area contributed by atoms with Crippen LogP contribution in [-0.4, -0.2) is 4.98 Å². The molecule has 0 aliphatic heterocycles. The molecular weight excluding hydrogens is 154 g/mol. The molecular formula is C8H9N3O. The summed E-state index contributed by atoms with van der Waals surface area (Å²) < 4.78 is 5.19. The third-order valence-electron chi connectivity index (χ3n) is 2.26. The van der Waals surface area contributed by atoms with Gasteiger partial charge in [0, 0.05) is 0 Å². The van der Waals surface area contributed by atoms with Gasteiger partial charge >= 0.3 is 5.82 Å². The van der Waals surface area contributed by atoms with Crippen LogP contribution in [0.25, 0.3) is 4.85 Å². The Balaban J connectivity index is 2.43. The maximum atomic E-state index is 6.75. The molecule has 0 amide bonds. The molecule has 1 saturated carbocycles. The first-order valence-electron chi connectivity index (χ1n) is 3.80. The smallest absolute Gasteiger partial charge is 0.332 e. The van der Waals surface area contributed by atoms with Crippen molar-refractivity contribution in [2.75, 3.05) is 5.73 Å². The van der Waals surface area contributed by atoms with Gasteiger partial charge in [0.05, 0.1) is 5.41 Å². The summed E-state index contributed by atoms with van der Waals surface area (Å²) in [5.41, 5.74) is 5.49. The van der Waals surface area contributed by atoms with E-state index in [2.05, 4.69) is 16.8 Å². The van der Waals surface area contributed by atoms with E-state index in [1.807, 2.05) is 0 Å². The SMILES string of the molecule is [C-]#[N+]c1nc(C2(C)CC2)oc1N. The van der Waals surface area contributed by atoms with E-state index in [1.165, 1.54) is 0 Å². The van der Waals surface area contributed by atoms with E-state index in [4.69, 9.17) is 16.7 Å². The second kappa shape index (κ2) is 2.01. The van der Waals surface area contributed by atoms with Crippen molar-refractivity contribution in [3.63, 3.8) is 0 Å². The van der Waals surface area contributed by atoms with E-state index in [0.29, 0.717) is 5.89 Å². The lowest BCUT2D eigenvalue weighted by Crippen LogP contribution is -1.98. The fraction of sp³-hybridized carbons (Fsp3) is 0.500.